The third-order valence-corrected chi connectivity index (χ3v) is 6.99. The van der Waals surface area contributed by atoms with Crippen LogP contribution in [0, 0.1) is 5.82 Å². The summed E-state index contributed by atoms with van der Waals surface area (Å²) < 4.78 is 15.2. The van der Waals surface area contributed by atoms with Crippen LogP contribution < -0.4 is 5.32 Å². The van der Waals surface area contributed by atoms with Crippen LogP contribution in [-0.4, -0.2) is 41.7 Å². The summed E-state index contributed by atoms with van der Waals surface area (Å²) in [5.74, 6) is 0.768. The molecule has 2 aromatic heterocycles. The van der Waals surface area contributed by atoms with Gasteiger partial charge in [0.25, 0.3) is 0 Å². The van der Waals surface area contributed by atoms with Gasteiger partial charge in [-0.3, -0.25) is 0 Å². The average Bonchev–Trinajstić information content (AvgIpc) is 3.19. The summed E-state index contributed by atoms with van der Waals surface area (Å²) in [6.07, 6.45) is 2.80. The number of hydrogen-bond donors (Lipinski definition) is 2. The molecular formula is C15H13ClFN5OS2. The number of hydrogen-bond acceptors (Lipinski definition) is 7. The minimum Gasteiger partial charge on any atom is -0.391 e. The van der Waals surface area contributed by atoms with E-state index in [4.69, 9.17) is 11.6 Å². The van der Waals surface area contributed by atoms with Crippen molar-refractivity contribution in [2.24, 2.45) is 0 Å². The summed E-state index contributed by atoms with van der Waals surface area (Å²) in [5.41, 5.74) is 1.89. The van der Waals surface area contributed by atoms with Crippen molar-refractivity contribution >= 4 is 55.9 Å². The molecule has 1 aliphatic rings. The molecule has 0 spiro atoms. The van der Waals surface area contributed by atoms with Gasteiger partial charge >= 0.3 is 0 Å². The van der Waals surface area contributed by atoms with E-state index in [1.54, 1.807) is 34.0 Å². The molecule has 6 nitrogen and oxygen atoms in total. The Morgan fingerprint density at radius 3 is 3.00 bits per heavy atom. The van der Waals surface area contributed by atoms with Gasteiger partial charge in [-0.1, -0.05) is 33.2 Å². The first-order valence-electron chi connectivity index (χ1n) is 7.46. The number of rotatable bonds is 4. The normalized spacial score (nSPS) is 20.3. The van der Waals surface area contributed by atoms with Crippen LogP contribution in [0.25, 0.3) is 11.2 Å². The van der Waals surface area contributed by atoms with Crippen molar-refractivity contribution in [1.29, 1.82) is 0 Å². The van der Waals surface area contributed by atoms with Crippen LogP contribution in [0.3, 0.4) is 0 Å². The zero-order valence-electron chi connectivity index (χ0n) is 12.8. The Hall–Kier alpha value is -1.55. The Kier molecular flexibility index (Phi) is 4.72. The first-order chi connectivity index (χ1) is 12.1. The number of nitrogens with one attached hydrogen (secondary N) is 1. The molecule has 3 aromatic rings. The topological polar surface area (TPSA) is 75.9 Å². The second-order valence-corrected chi connectivity index (χ2v) is 8.59. The maximum absolute atomic E-state index is 13.3. The van der Waals surface area contributed by atoms with Crippen molar-refractivity contribution < 1.29 is 9.50 Å². The summed E-state index contributed by atoms with van der Waals surface area (Å²) in [4.78, 5) is 12.9. The van der Waals surface area contributed by atoms with Crippen LogP contribution in [0.2, 0.25) is 5.02 Å². The highest BCUT2D eigenvalue weighted by atomic mass is 35.5. The Labute approximate surface area is 155 Å². The van der Waals surface area contributed by atoms with Crippen molar-refractivity contribution in [2.45, 2.75) is 17.9 Å². The lowest BCUT2D eigenvalue weighted by atomic mass is 10.3. The van der Waals surface area contributed by atoms with Gasteiger partial charge < -0.3 is 15.0 Å². The molecule has 2 unspecified atom stereocenters. The van der Waals surface area contributed by atoms with E-state index in [0.717, 1.165) is 5.75 Å². The van der Waals surface area contributed by atoms with Crippen molar-refractivity contribution in [3.63, 3.8) is 0 Å². The average molecular weight is 398 g/mol. The van der Waals surface area contributed by atoms with Gasteiger partial charge in [0, 0.05) is 18.0 Å². The van der Waals surface area contributed by atoms with Gasteiger partial charge in [-0.05, 0) is 18.2 Å². The van der Waals surface area contributed by atoms with Gasteiger partial charge in [-0.2, -0.15) is 0 Å². The molecule has 130 valence electrons. The number of aromatic nitrogens is 4. The molecule has 10 heteroatoms. The van der Waals surface area contributed by atoms with E-state index in [1.165, 1.54) is 18.5 Å². The van der Waals surface area contributed by atoms with Crippen molar-refractivity contribution in [1.82, 2.24) is 19.5 Å². The Balaban J connectivity index is 1.63. The predicted octanol–water partition coefficient (Wildman–Crippen LogP) is 3.49. The molecule has 1 aromatic carbocycles. The molecule has 4 rings (SSSR count). The van der Waals surface area contributed by atoms with Crippen molar-refractivity contribution in [3.8, 4) is 0 Å². The molecule has 0 aliphatic carbocycles. The molecule has 2 N–H and O–H groups in total. The molecule has 0 radical (unpaired) electrons. The van der Waals surface area contributed by atoms with E-state index in [1.807, 2.05) is 4.57 Å². The number of aliphatic hydroxyl groups excluding tert-OH is 1. The SMILES string of the molecule is OC1CSSC1Cn1cnc2c(Nc3ccc(F)c(Cl)c3)ncnc21. The predicted molar refractivity (Wildman–Crippen MR) is 99.9 cm³/mol. The van der Waals surface area contributed by atoms with Gasteiger partial charge in [-0.25, -0.2) is 19.3 Å². The van der Waals surface area contributed by atoms with E-state index in [2.05, 4.69) is 20.3 Å². The fourth-order valence-corrected chi connectivity index (χ4v) is 5.65. The van der Waals surface area contributed by atoms with Crippen molar-refractivity contribution in [2.75, 3.05) is 11.1 Å². The summed E-state index contributed by atoms with van der Waals surface area (Å²) in [6, 6.07) is 4.36. The van der Waals surface area contributed by atoms with E-state index < -0.39 is 5.82 Å². The molecule has 1 aliphatic heterocycles. The first-order valence-corrected chi connectivity index (χ1v) is 10.2. The summed E-state index contributed by atoms with van der Waals surface area (Å²) >= 11 is 5.82. The highest BCUT2D eigenvalue weighted by Gasteiger charge is 2.28. The molecule has 1 fully saturated rings. The Bertz CT molecular complexity index is 924. The number of anilines is 2. The molecule has 0 bridgehead atoms. The minimum atomic E-state index is -0.477. The third kappa shape index (κ3) is 3.41. The zero-order valence-corrected chi connectivity index (χ0v) is 15.2. The molecule has 2 atom stereocenters. The molecular weight excluding hydrogens is 385 g/mol. The highest BCUT2D eigenvalue weighted by Crippen LogP contribution is 2.39. The van der Waals surface area contributed by atoms with Crippen LogP contribution in [0.15, 0.2) is 30.9 Å². The minimum absolute atomic E-state index is 0.0329. The van der Waals surface area contributed by atoms with E-state index in [9.17, 15) is 9.50 Å². The van der Waals surface area contributed by atoms with Crippen LogP contribution in [0.5, 0.6) is 0 Å². The van der Waals surface area contributed by atoms with E-state index in [0.29, 0.717) is 29.2 Å². The monoisotopic (exact) mass is 397 g/mol. The fourth-order valence-electron chi connectivity index (χ4n) is 2.53. The van der Waals surface area contributed by atoms with Gasteiger partial charge in [0.15, 0.2) is 17.0 Å². The van der Waals surface area contributed by atoms with Gasteiger partial charge in [-0.15, -0.1) is 0 Å². The van der Waals surface area contributed by atoms with Crippen LogP contribution in [0.1, 0.15) is 0 Å². The van der Waals surface area contributed by atoms with Gasteiger partial charge in [0.2, 0.25) is 0 Å². The second kappa shape index (κ2) is 6.99. The summed E-state index contributed by atoms with van der Waals surface area (Å²) in [6.45, 7) is 0.619. The first kappa shape index (κ1) is 16.9. The molecule has 0 saturated carbocycles. The Morgan fingerprint density at radius 1 is 1.36 bits per heavy atom. The molecule has 25 heavy (non-hydrogen) atoms. The quantitative estimate of drug-likeness (QED) is 0.652. The largest absolute Gasteiger partial charge is 0.391 e. The van der Waals surface area contributed by atoms with Crippen LogP contribution in [0.4, 0.5) is 15.9 Å². The second-order valence-electron chi connectivity index (χ2n) is 5.53. The standard InChI is InChI=1S/C15H13ClFN5OS2/c16-9-3-8(1-2-10(9)17)21-14-13-15(19-6-18-14)22(7-20-13)4-12-11(23)5-24-25-12/h1-3,6-7,11-12,23H,4-5H2,(H,18,19,21). The maximum Gasteiger partial charge on any atom is 0.165 e. The highest BCUT2D eigenvalue weighted by molar-refractivity contribution is 8.77. The van der Waals surface area contributed by atoms with Crippen LogP contribution >= 0.6 is 33.2 Å². The lowest BCUT2D eigenvalue weighted by Crippen LogP contribution is -2.24. The fraction of sp³-hybridized carbons (Fsp3) is 0.267. The van der Waals surface area contributed by atoms with Crippen LogP contribution in [-0.2, 0) is 6.54 Å². The van der Waals surface area contributed by atoms with Gasteiger partial charge in [0.1, 0.15) is 12.1 Å². The number of fused-ring (bicyclic) bond motifs is 1. The third-order valence-electron chi connectivity index (χ3n) is 3.82. The number of nitrogens with zero attached hydrogens (tertiary/aromatic N) is 4. The molecule has 1 saturated heterocycles. The summed E-state index contributed by atoms with van der Waals surface area (Å²) in [5, 5.41) is 13.2. The lowest BCUT2D eigenvalue weighted by molar-refractivity contribution is 0.192. The summed E-state index contributed by atoms with van der Waals surface area (Å²) in [7, 11) is 3.35. The number of benzene rings is 1. The number of halogens is 2. The van der Waals surface area contributed by atoms with E-state index in [-0.39, 0.29) is 16.4 Å². The smallest absolute Gasteiger partial charge is 0.165 e. The maximum atomic E-state index is 13.3. The Morgan fingerprint density at radius 2 is 2.24 bits per heavy atom. The lowest BCUT2D eigenvalue weighted by Gasteiger charge is -2.13. The number of imidazole rings is 1. The number of aliphatic hydroxyl groups is 1. The molecule has 0 amide bonds. The molecule has 3 heterocycles. The zero-order chi connectivity index (χ0) is 17.4. The van der Waals surface area contributed by atoms with Crippen molar-refractivity contribution in [3.05, 3.63) is 41.7 Å². The van der Waals surface area contributed by atoms with Gasteiger partial charge in [0.05, 0.1) is 22.7 Å². The van der Waals surface area contributed by atoms with E-state index >= 15 is 0 Å².